The van der Waals surface area contributed by atoms with Gasteiger partial charge < -0.3 is 10.2 Å². The van der Waals surface area contributed by atoms with E-state index in [-0.39, 0.29) is 0 Å². The maximum atomic E-state index is 3.40. The average Bonchev–Trinajstić information content (AvgIpc) is 2.40. The first-order valence-electron chi connectivity index (χ1n) is 7.20. The second kappa shape index (κ2) is 5.75. The molecule has 0 saturated carbocycles. The van der Waals surface area contributed by atoms with Crippen molar-refractivity contribution in [3.63, 3.8) is 0 Å². The Morgan fingerprint density at radius 1 is 1.11 bits per heavy atom. The summed E-state index contributed by atoms with van der Waals surface area (Å²) in [5, 5.41) is 3.40. The van der Waals surface area contributed by atoms with E-state index in [9.17, 15) is 0 Å². The Morgan fingerprint density at radius 2 is 1.72 bits per heavy atom. The van der Waals surface area contributed by atoms with Crippen molar-refractivity contribution < 1.29 is 0 Å². The molecule has 0 unspecified atom stereocenters. The van der Waals surface area contributed by atoms with Crippen LogP contribution in [0.3, 0.4) is 0 Å². The standard InChI is InChI=1S/C16H26N2/c1-4-9-16(2,3)14-5-7-15(8-6-14)18-12-10-17-11-13-18/h5-8,17H,4,9-13H2,1-3H3. The van der Waals surface area contributed by atoms with Crippen molar-refractivity contribution in [3.05, 3.63) is 29.8 Å². The summed E-state index contributed by atoms with van der Waals surface area (Å²) in [6.07, 6.45) is 2.49. The van der Waals surface area contributed by atoms with Crippen LogP contribution in [0.25, 0.3) is 0 Å². The zero-order valence-corrected chi connectivity index (χ0v) is 12.0. The molecule has 2 heteroatoms. The molecule has 2 nitrogen and oxygen atoms in total. The van der Waals surface area contributed by atoms with Crippen LogP contribution in [0.4, 0.5) is 5.69 Å². The molecule has 18 heavy (non-hydrogen) atoms. The number of nitrogens with one attached hydrogen (secondary N) is 1. The Bertz CT molecular complexity index is 361. The molecule has 1 aromatic carbocycles. The molecule has 0 bridgehead atoms. The van der Waals surface area contributed by atoms with E-state index >= 15 is 0 Å². The number of hydrogen-bond donors (Lipinski definition) is 1. The van der Waals surface area contributed by atoms with Crippen molar-refractivity contribution in [1.29, 1.82) is 0 Å². The summed E-state index contributed by atoms with van der Waals surface area (Å²) in [5.74, 6) is 0. The lowest BCUT2D eigenvalue weighted by Crippen LogP contribution is -2.43. The van der Waals surface area contributed by atoms with E-state index in [2.05, 4.69) is 55.3 Å². The molecule has 1 aromatic rings. The summed E-state index contributed by atoms with van der Waals surface area (Å²) in [6, 6.07) is 9.20. The van der Waals surface area contributed by atoms with Crippen LogP contribution in [0.5, 0.6) is 0 Å². The fraction of sp³-hybridized carbons (Fsp3) is 0.625. The van der Waals surface area contributed by atoms with Gasteiger partial charge >= 0.3 is 0 Å². The van der Waals surface area contributed by atoms with Crippen molar-refractivity contribution in [2.24, 2.45) is 0 Å². The zero-order chi connectivity index (χ0) is 13.0. The first kappa shape index (κ1) is 13.4. The highest BCUT2D eigenvalue weighted by molar-refractivity contribution is 5.49. The topological polar surface area (TPSA) is 15.3 Å². The fourth-order valence-corrected chi connectivity index (χ4v) is 2.82. The molecule has 100 valence electrons. The second-order valence-corrected chi connectivity index (χ2v) is 5.92. The van der Waals surface area contributed by atoms with Gasteiger partial charge in [0, 0.05) is 31.9 Å². The summed E-state index contributed by atoms with van der Waals surface area (Å²) < 4.78 is 0. The lowest BCUT2D eigenvalue weighted by molar-refractivity contribution is 0.473. The van der Waals surface area contributed by atoms with Crippen molar-refractivity contribution in [1.82, 2.24) is 5.32 Å². The fourth-order valence-electron chi connectivity index (χ4n) is 2.82. The van der Waals surface area contributed by atoms with Gasteiger partial charge in [0.15, 0.2) is 0 Å². The molecule has 0 radical (unpaired) electrons. The predicted molar refractivity (Wildman–Crippen MR) is 79.5 cm³/mol. The number of nitrogens with zero attached hydrogens (tertiary/aromatic N) is 1. The molecule has 0 aliphatic carbocycles. The Morgan fingerprint density at radius 3 is 2.28 bits per heavy atom. The van der Waals surface area contributed by atoms with Crippen LogP contribution in [0, 0.1) is 0 Å². The van der Waals surface area contributed by atoms with Crippen LogP contribution >= 0.6 is 0 Å². The molecule has 0 atom stereocenters. The number of anilines is 1. The largest absolute Gasteiger partial charge is 0.369 e. The van der Waals surface area contributed by atoms with Gasteiger partial charge in [0.2, 0.25) is 0 Å². The van der Waals surface area contributed by atoms with Crippen LogP contribution in [0.15, 0.2) is 24.3 Å². The summed E-state index contributed by atoms with van der Waals surface area (Å²) in [7, 11) is 0. The molecule has 1 saturated heterocycles. The van der Waals surface area contributed by atoms with Gasteiger partial charge in [-0.2, -0.15) is 0 Å². The molecule has 0 spiro atoms. The minimum absolute atomic E-state index is 0.302. The quantitative estimate of drug-likeness (QED) is 0.878. The van der Waals surface area contributed by atoms with Gasteiger partial charge in [0.05, 0.1) is 0 Å². The van der Waals surface area contributed by atoms with Gasteiger partial charge in [0.1, 0.15) is 0 Å². The molecule has 1 N–H and O–H groups in total. The third kappa shape index (κ3) is 3.05. The third-order valence-corrected chi connectivity index (χ3v) is 4.01. The van der Waals surface area contributed by atoms with E-state index in [1.165, 1.54) is 24.1 Å². The molecule has 0 aromatic heterocycles. The van der Waals surface area contributed by atoms with Crippen molar-refractivity contribution >= 4 is 5.69 Å². The molecule has 1 heterocycles. The molecule has 1 aliphatic heterocycles. The molecular weight excluding hydrogens is 220 g/mol. The summed E-state index contributed by atoms with van der Waals surface area (Å²) in [6.45, 7) is 11.4. The lowest BCUT2D eigenvalue weighted by Gasteiger charge is -2.30. The van der Waals surface area contributed by atoms with E-state index in [1.54, 1.807) is 0 Å². The van der Waals surface area contributed by atoms with Gasteiger partial charge in [-0.25, -0.2) is 0 Å². The number of benzene rings is 1. The normalized spacial score (nSPS) is 16.9. The van der Waals surface area contributed by atoms with Crippen LogP contribution in [-0.2, 0) is 5.41 Å². The predicted octanol–water partition coefficient (Wildman–Crippen LogP) is 3.17. The maximum Gasteiger partial charge on any atom is 0.0367 e. The van der Waals surface area contributed by atoms with E-state index in [0.29, 0.717) is 5.41 Å². The van der Waals surface area contributed by atoms with E-state index < -0.39 is 0 Å². The smallest absolute Gasteiger partial charge is 0.0367 e. The average molecular weight is 246 g/mol. The van der Waals surface area contributed by atoms with Gasteiger partial charge in [-0.3, -0.25) is 0 Å². The maximum absolute atomic E-state index is 3.40. The van der Waals surface area contributed by atoms with Crippen LogP contribution < -0.4 is 10.2 Å². The highest BCUT2D eigenvalue weighted by Crippen LogP contribution is 2.29. The molecule has 1 fully saturated rings. The highest BCUT2D eigenvalue weighted by atomic mass is 15.2. The summed E-state index contributed by atoms with van der Waals surface area (Å²) in [5.41, 5.74) is 3.13. The monoisotopic (exact) mass is 246 g/mol. The zero-order valence-electron chi connectivity index (χ0n) is 12.0. The Hall–Kier alpha value is -1.02. The Balaban J connectivity index is 2.09. The van der Waals surface area contributed by atoms with E-state index in [0.717, 1.165) is 26.2 Å². The molecule has 2 rings (SSSR count). The lowest BCUT2D eigenvalue weighted by atomic mass is 9.81. The number of piperazine rings is 1. The van der Waals surface area contributed by atoms with Gasteiger partial charge in [-0.15, -0.1) is 0 Å². The van der Waals surface area contributed by atoms with Crippen LogP contribution in [-0.4, -0.2) is 26.2 Å². The Kier molecular flexibility index (Phi) is 4.28. The first-order valence-corrected chi connectivity index (χ1v) is 7.20. The third-order valence-electron chi connectivity index (χ3n) is 4.01. The molecule has 0 amide bonds. The van der Waals surface area contributed by atoms with Crippen LogP contribution in [0.2, 0.25) is 0 Å². The second-order valence-electron chi connectivity index (χ2n) is 5.92. The number of rotatable bonds is 4. The minimum Gasteiger partial charge on any atom is -0.369 e. The van der Waals surface area contributed by atoms with E-state index in [4.69, 9.17) is 0 Å². The van der Waals surface area contributed by atoms with Gasteiger partial charge in [-0.1, -0.05) is 39.3 Å². The van der Waals surface area contributed by atoms with Gasteiger partial charge in [-0.05, 0) is 29.5 Å². The van der Waals surface area contributed by atoms with Crippen molar-refractivity contribution in [2.75, 3.05) is 31.1 Å². The van der Waals surface area contributed by atoms with Crippen molar-refractivity contribution in [2.45, 2.75) is 39.0 Å². The summed E-state index contributed by atoms with van der Waals surface area (Å²) >= 11 is 0. The number of hydrogen-bond acceptors (Lipinski definition) is 2. The Labute approximate surface area is 111 Å². The molecular formula is C16H26N2. The van der Waals surface area contributed by atoms with Crippen LogP contribution in [0.1, 0.15) is 39.2 Å². The van der Waals surface area contributed by atoms with Gasteiger partial charge in [0.25, 0.3) is 0 Å². The SMILES string of the molecule is CCCC(C)(C)c1ccc(N2CCNCC2)cc1. The summed E-state index contributed by atoms with van der Waals surface area (Å²) in [4.78, 5) is 2.47. The van der Waals surface area contributed by atoms with E-state index in [1.807, 2.05) is 0 Å². The molecule has 1 aliphatic rings. The highest BCUT2D eigenvalue weighted by Gasteiger charge is 2.19. The van der Waals surface area contributed by atoms with Crippen molar-refractivity contribution in [3.8, 4) is 0 Å². The minimum atomic E-state index is 0.302. The first-order chi connectivity index (χ1) is 8.63.